The van der Waals surface area contributed by atoms with Gasteiger partial charge in [-0.2, -0.15) is 0 Å². The Morgan fingerprint density at radius 2 is 1.90 bits per heavy atom. The quantitative estimate of drug-likeness (QED) is 0.644. The second-order valence-corrected chi connectivity index (χ2v) is 6.29. The summed E-state index contributed by atoms with van der Waals surface area (Å²) in [4.78, 5) is 12.5. The molecule has 0 saturated heterocycles. The molecule has 0 aliphatic carbocycles. The van der Waals surface area contributed by atoms with Crippen LogP contribution in [0.5, 0.6) is 0 Å². The van der Waals surface area contributed by atoms with E-state index in [4.69, 9.17) is 10.8 Å². The third-order valence-electron chi connectivity index (χ3n) is 2.73. The van der Waals surface area contributed by atoms with Crippen LogP contribution in [0.1, 0.15) is 6.42 Å². The minimum absolute atomic E-state index is 0.0226. The molecule has 8 heteroatoms. The molecule has 0 radical (unpaired) electrons. The van der Waals surface area contributed by atoms with Crippen LogP contribution in [0.3, 0.4) is 0 Å². The van der Waals surface area contributed by atoms with Crippen molar-refractivity contribution in [3.63, 3.8) is 0 Å². The summed E-state index contributed by atoms with van der Waals surface area (Å²) in [6.45, 7) is -0.0226. The van der Waals surface area contributed by atoms with Gasteiger partial charge in [-0.25, -0.2) is 13.1 Å². The van der Waals surface area contributed by atoms with Crippen LogP contribution in [-0.4, -0.2) is 46.2 Å². The third-order valence-corrected chi connectivity index (χ3v) is 4.20. The number of hydrogen-bond acceptors (Lipinski definition) is 5. The summed E-state index contributed by atoms with van der Waals surface area (Å²) in [6.07, 6.45) is 0.0321. The maximum Gasteiger partial charge on any atom is 0.320 e. The van der Waals surface area contributed by atoms with Gasteiger partial charge >= 0.3 is 5.97 Å². The Morgan fingerprint density at radius 3 is 2.35 bits per heavy atom. The number of hydrogen-bond donors (Lipinski definition) is 3. The first-order valence-electron chi connectivity index (χ1n) is 5.99. The average molecular weight is 301 g/mol. The van der Waals surface area contributed by atoms with Crippen molar-refractivity contribution in [2.45, 2.75) is 17.4 Å². The third kappa shape index (κ3) is 4.48. The van der Waals surface area contributed by atoms with E-state index in [1.807, 2.05) is 19.0 Å². The molecule has 20 heavy (non-hydrogen) atoms. The van der Waals surface area contributed by atoms with Crippen molar-refractivity contribution >= 4 is 21.7 Å². The summed E-state index contributed by atoms with van der Waals surface area (Å²) < 4.78 is 26.2. The monoisotopic (exact) mass is 301 g/mol. The van der Waals surface area contributed by atoms with Crippen LogP contribution in [0.25, 0.3) is 0 Å². The number of nitrogens with two attached hydrogens (primary N) is 1. The lowest BCUT2D eigenvalue weighted by molar-refractivity contribution is -0.138. The van der Waals surface area contributed by atoms with Gasteiger partial charge in [-0.3, -0.25) is 4.79 Å². The fourth-order valence-corrected chi connectivity index (χ4v) is 2.53. The van der Waals surface area contributed by atoms with Crippen LogP contribution in [0.15, 0.2) is 29.2 Å². The van der Waals surface area contributed by atoms with Crippen LogP contribution in [-0.2, 0) is 14.8 Å². The second-order valence-electron chi connectivity index (χ2n) is 4.52. The highest BCUT2D eigenvalue weighted by molar-refractivity contribution is 7.89. The first-order valence-corrected chi connectivity index (χ1v) is 7.48. The summed E-state index contributed by atoms with van der Waals surface area (Å²) in [6, 6.07) is 5.30. The summed E-state index contributed by atoms with van der Waals surface area (Å²) >= 11 is 0. The van der Waals surface area contributed by atoms with E-state index in [0.717, 1.165) is 5.69 Å². The lowest BCUT2D eigenvalue weighted by Crippen LogP contribution is -2.35. The van der Waals surface area contributed by atoms with Crippen LogP contribution in [0.4, 0.5) is 5.69 Å². The summed E-state index contributed by atoms with van der Waals surface area (Å²) in [7, 11) is 0.0713. The van der Waals surface area contributed by atoms with E-state index >= 15 is 0 Å². The van der Waals surface area contributed by atoms with Crippen molar-refractivity contribution in [1.29, 1.82) is 0 Å². The lowest BCUT2D eigenvalue weighted by Gasteiger charge is -2.13. The predicted molar refractivity (Wildman–Crippen MR) is 76.2 cm³/mol. The number of carboxylic acids is 1. The predicted octanol–water partition coefficient (Wildman–Crippen LogP) is -0.167. The Morgan fingerprint density at radius 1 is 1.35 bits per heavy atom. The van der Waals surface area contributed by atoms with Crippen LogP contribution in [0.2, 0.25) is 0 Å². The number of nitrogens with one attached hydrogen (secondary N) is 1. The molecule has 0 bridgehead atoms. The maximum atomic E-state index is 12.0. The zero-order chi connectivity index (χ0) is 15.3. The topological polar surface area (TPSA) is 113 Å². The minimum Gasteiger partial charge on any atom is -0.480 e. The zero-order valence-corrected chi connectivity index (χ0v) is 12.2. The van der Waals surface area contributed by atoms with Gasteiger partial charge in [0.15, 0.2) is 0 Å². The van der Waals surface area contributed by atoms with Crippen molar-refractivity contribution < 1.29 is 18.3 Å². The molecule has 0 aliphatic rings. The number of nitrogens with zero attached hydrogens (tertiary/aromatic N) is 1. The van der Waals surface area contributed by atoms with Crippen molar-refractivity contribution in [2.24, 2.45) is 5.73 Å². The van der Waals surface area contributed by atoms with Gasteiger partial charge in [-0.15, -0.1) is 0 Å². The van der Waals surface area contributed by atoms with E-state index in [-0.39, 0.29) is 17.9 Å². The summed E-state index contributed by atoms with van der Waals surface area (Å²) in [5, 5.41) is 8.60. The minimum atomic E-state index is -3.64. The number of carboxylic acid groups (broad SMARTS) is 1. The molecular formula is C12H19N3O4S. The number of rotatable bonds is 7. The molecule has 1 aromatic rings. The van der Waals surface area contributed by atoms with Gasteiger partial charge in [0.1, 0.15) is 6.04 Å². The Hall–Kier alpha value is -1.64. The van der Waals surface area contributed by atoms with Gasteiger partial charge in [-0.05, 0) is 30.7 Å². The highest BCUT2D eigenvalue weighted by atomic mass is 32.2. The first kappa shape index (κ1) is 16.4. The molecular weight excluding hydrogens is 282 g/mol. The SMILES string of the molecule is CN(C)c1ccc(S(=O)(=O)NCC[C@H](N)C(=O)O)cc1. The number of sulfonamides is 1. The summed E-state index contributed by atoms with van der Waals surface area (Å²) in [5.74, 6) is -1.15. The lowest BCUT2D eigenvalue weighted by atomic mass is 10.2. The zero-order valence-electron chi connectivity index (χ0n) is 11.4. The number of aliphatic carboxylic acids is 1. The molecule has 0 aliphatic heterocycles. The molecule has 1 atom stereocenters. The van der Waals surface area contributed by atoms with Crippen LogP contribution in [0, 0.1) is 0 Å². The van der Waals surface area contributed by atoms with Gasteiger partial charge < -0.3 is 15.7 Å². The van der Waals surface area contributed by atoms with Crippen LogP contribution >= 0.6 is 0 Å². The van der Waals surface area contributed by atoms with Gasteiger partial charge in [-0.1, -0.05) is 0 Å². The van der Waals surface area contributed by atoms with E-state index in [2.05, 4.69) is 4.72 Å². The van der Waals surface area contributed by atoms with E-state index in [0.29, 0.717) is 0 Å². The van der Waals surface area contributed by atoms with E-state index in [1.165, 1.54) is 12.1 Å². The van der Waals surface area contributed by atoms with E-state index in [9.17, 15) is 13.2 Å². The highest BCUT2D eigenvalue weighted by Crippen LogP contribution is 2.15. The van der Waals surface area contributed by atoms with E-state index in [1.54, 1.807) is 12.1 Å². The average Bonchev–Trinajstić information content (AvgIpc) is 2.38. The molecule has 1 rings (SSSR count). The number of carbonyl (C=O) groups is 1. The molecule has 0 heterocycles. The Bertz CT molecular complexity index is 555. The van der Waals surface area contributed by atoms with Gasteiger partial charge in [0, 0.05) is 26.3 Å². The number of benzene rings is 1. The molecule has 0 spiro atoms. The fraction of sp³-hybridized carbons (Fsp3) is 0.417. The maximum absolute atomic E-state index is 12.0. The molecule has 112 valence electrons. The molecule has 0 aromatic heterocycles. The molecule has 0 amide bonds. The summed E-state index contributed by atoms with van der Waals surface area (Å²) in [5.41, 5.74) is 6.18. The standard InChI is InChI=1S/C12H19N3O4S/c1-15(2)9-3-5-10(6-4-9)20(18,19)14-8-7-11(13)12(16)17/h3-6,11,14H,7-8,13H2,1-2H3,(H,16,17)/t11-/m0/s1. The number of anilines is 1. The largest absolute Gasteiger partial charge is 0.480 e. The molecule has 0 unspecified atom stereocenters. The highest BCUT2D eigenvalue weighted by Gasteiger charge is 2.16. The molecule has 1 aromatic carbocycles. The Labute approximate surface area is 118 Å². The van der Waals surface area contributed by atoms with Crippen molar-refractivity contribution in [2.75, 3.05) is 25.5 Å². The van der Waals surface area contributed by atoms with Crippen molar-refractivity contribution in [1.82, 2.24) is 4.72 Å². The molecule has 0 fully saturated rings. The Kier molecular flexibility index (Phi) is 5.49. The fourth-order valence-electron chi connectivity index (χ4n) is 1.48. The van der Waals surface area contributed by atoms with Gasteiger partial charge in [0.25, 0.3) is 0 Å². The van der Waals surface area contributed by atoms with Crippen molar-refractivity contribution in [3.05, 3.63) is 24.3 Å². The Balaban J connectivity index is 2.67. The molecule has 7 nitrogen and oxygen atoms in total. The smallest absolute Gasteiger partial charge is 0.320 e. The van der Waals surface area contributed by atoms with E-state index < -0.39 is 22.0 Å². The van der Waals surface area contributed by atoms with Gasteiger partial charge in [0.05, 0.1) is 4.90 Å². The normalized spacial score (nSPS) is 12.9. The van der Waals surface area contributed by atoms with Gasteiger partial charge in [0.2, 0.25) is 10.0 Å². The van der Waals surface area contributed by atoms with Crippen molar-refractivity contribution in [3.8, 4) is 0 Å². The second kappa shape index (κ2) is 6.69. The van der Waals surface area contributed by atoms with Crippen LogP contribution < -0.4 is 15.4 Å². The molecule has 4 N–H and O–H groups in total. The first-order chi connectivity index (χ1) is 9.24. The molecule has 0 saturated carbocycles.